The van der Waals surface area contributed by atoms with Crippen LogP contribution >= 0.6 is 0 Å². The Labute approximate surface area is 126 Å². The number of imidazole rings is 1. The van der Waals surface area contributed by atoms with E-state index in [0.717, 1.165) is 25.5 Å². The lowest BCUT2D eigenvalue weighted by atomic mass is 10.2. The molecule has 0 bridgehead atoms. The van der Waals surface area contributed by atoms with Crippen LogP contribution in [0.15, 0.2) is 36.7 Å². The first kappa shape index (κ1) is 14.1. The fraction of sp³-hybridized carbons (Fsp3) is 0.471. The van der Waals surface area contributed by atoms with Crippen molar-refractivity contribution in [3.63, 3.8) is 0 Å². The van der Waals surface area contributed by atoms with E-state index in [1.54, 1.807) is 0 Å². The summed E-state index contributed by atoms with van der Waals surface area (Å²) in [7, 11) is 0. The largest absolute Gasteiger partial charge is 0.378 e. The Hall–Kier alpha value is -1.81. The minimum absolute atomic E-state index is 0.772. The molecule has 4 nitrogen and oxygen atoms in total. The van der Waals surface area contributed by atoms with Crippen LogP contribution in [0.5, 0.6) is 0 Å². The predicted molar refractivity (Wildman–Crippen MR) is 86.2 cm³/mol. The molecule has 1 fully saturated rings. The Kier molecular flexibility index (Phi) is 4.55. The molecular formula is C17H24N4. The molecule has 0 saturated carbocycles. The number of benzene rings is 1. The molecule has 1 saturated heterocycles. The molecule has 1 N–H and O–H groups in total. The zero-order valence-electron chi connectivity index (χ0n) is 12.8. The minimum Gasteiger partial charge on any atom is -0.378 e. The van der Waals surface area contributed by atoms with Crippen LogP contribution in [0.4, 0.5) is 5.69 Å². The lowest BCUT2D eigenvalue weighted by Crippen LogP contribution is -2.18. The van der Waals surface area contributed by atoms with E-state index >= 15 is 0 Å². The van der Waals surface area contributed by atoms with Gasteiger partial charge in [0.15, 0.2) is 0 Å². The van der Waals surface area contributed by atoms with E-state index in [2.05, 4.69) is 51.0 Å². The van der Waals surface area contributed by atoms with E-state index in [4.69, 9.17) is 0 Å². The Morgan fingerprint density at radius 1 is 1.24 bits per heavy atom. The van der Waals surface area contributed by atoms with Crippen LogP contribution in [0, 0.1) is 0 Å². The summed E-state index contributed by atoms with van der Waals surface area (Å²) in [5.41, 5.74) is 2.57. The molecule has 2 heterocycles. The normalized spacial score (nSPS) is 15.5. The fourth-order valence-corrected chi connectivity index (χ4v) is 2.95. The van der Waals surface area contributed by atoms with E-state index in [9.17, 15) is 0 Å². The topological polar surface area (TPSA) is 33.1 Å². The number of nitrogens with zero attached hydrogens (tertiary/aromatic N) is 3. The van der Waals surface area contributed by atoms with Crippen LogP contribution in [-0.4, -0.2) is 27.5 Å². The zero-order chi connectivity index (χ0) is 14.5. The first-order chi connectivity index (χ1) is 10.3. The molecule has 0 atom stereocenters. The van der Waals surface area contributed by atoms with Crippen molar-refractivity contribution < 1.29 is 0 Å². The number of nitrogens with one attached hydrogen (secondary N) is 1. The molecule has 0 amide bonds. The maximum Gasteiger partial charge on any atom is 0.128 e. The van der Waals surface area contributed by atoms with Crippen molar-refractivity contribution in [1.82, 2.24) is 14.5 Å². The van der Waals surface area contributed by atoms with Gasteiger partial charge in [0, 0.05) is 31.2 Å². The molecule has 1 aliphatic rings. The second-order valence-electron chi connectivity index (χ2n) is 5.67. The van der Waals surface area contributed by atoms with Gasteiger partial charge in [0.05, 0.1) is 6.54 Å². The molecule has 0 radical (unpaired) electrons. The number of hydrogen-bond acceptors (Lipinski definition) is 3. The van der Waals surface area contributed by atoms with Crippen LogP contribution < -0.4 is 5.32 Å². The predicted octanol–water partition coefficient (Wildman–Crippen LogP) is 3.11. The van der Waals surface area contributed by atoms with Crippen LogP contribution in [0.1, 0.15) is 31.2 Å². The number of rotatable bonds is 6. The van der Waals surface area contributed by atoms with Crippen molar-refractivity contribution in [3.8, 4) is 0 Å². The van der Waals surface area contributed by atoms with Gasteiger partial charge in [-0.2, -0.15) is 0 Å². The molecule has 0 aliphatic carbocycles. The smallest absolute Gasteiger partial charge is 0.128 e. The van der Waals surface area contributed by atoms with E-state index in [1.165, 1.54) is 37.2 Å². The maximum absolute atomic E-state index is 4.40. The van der Waals surface area contributed by atoms with Gasteiger partial charge in [-0.1, -0.05) is 12.1 Å². The van der Waals surface area contributed by atoms with Gasteiger partial charge in [-0.15, -0.1) is 0 Å². The van der Waals surface area contributed by atoms with Gasteiger partial charge in [-0.05, 0) is 50.6 Å². The summed E-state index contributed by atoms with van der Waals surface area (Å²) in [6.07, 6.45) is 6.58. The molecule has 1 aromatic heterocycles. The second kappa shape index (κ2) is 6.76. The number of hydrogen-bond donors (Lipinski definition) is 1. The summed E-state index contributed by atoms with van der Waals surface area (Å²) in [4.78, 5) is 6.93. The van der Waals surface area contributed by atoms with Crippen molar-refractivity contribution in [2.24, 2.45) is 0 Å². The minimum atomic E-state index is 0.772. The summed E-state index contributed by atoms with van der Waals surface area (Å²) >= 11 is 0. The molecule has 112 valence electrons. The monoisotopic (exact) mass is 284 g/mol. The van der Waals surface area contributed by atoms with Gasteiger partial charge < -0.3 is 9.88 Å². The molecule has 0 spiro atoms. The SMILES string of the molecule is CCn1ccnc1CNc1cccc(CN2CCCC2)c1. The van der Waals surface area contributed by atoms with Gasteiger partial charge in [-0.3, -0.25) is 4.90 Å². The summed E-state index contributed by atoms with van der Waals surface area (Å²) < 4.78 is 2.17. The van der Waals surface area contributed by atoms with E-state index in [1.807, 2.05) is 12.4 Å². The molecule has 0 unspecified atom stereocenters. The van der Waals surface area contributed by atoms with Crippen molar-refractivity contribution >= 4 is 5.69 Å². The Bertz CT molecular complexity index is 570. The van der Waals surface area contributed by atoms with Gasteiger partial charge in [0.1, 0.15) is 5.82 Å². The highest BCUT2D eigenvalue weighted by molar-refractivity contribution is 5.45. The number of likely N-dealkylation sites (tertiary alicyclic amines) is 1. The quantitative estimate of drug-likeness (QED) is 0.885. The third-order valence-electron chi connectivity index (χ3n) is 4.12. The average molecular weight is 284 g/mol. The zero-order valence-corrected chi connectivity index (χ0v) is 12.8. The van der Waals surface area contributed by atoms with E-state index in [-0.39, 0.29) is 0 Å². The van der Waals surface area contributed by atoms with Gasteiger partial charge in [-0.25, -0.2) is 4.98 Å². The van der Waals surface area contributed by atoms with E-state index < -0.39 is 0 Å². The van der Waals surface area contributed by atoms with Crippen molar-refractivity contribution in [2.45, 2.75) is 39.4 Å². The Morgan fingerprint density at radius 2 is 2.10 bits per heavy atom. The summed E-state index contributed by atoms with van der Waals surface area (Å²) in [5.74, 6) is 1.09. The lowest BCUT2D eigenvalue weighted by molar-refractivity contribution is 0.331. The van der Waals surface area contributed by atoms with Crippen LogP contribution in [0.2, 0.25) is 0 Å². The summed E-state index contributed by atoms with van der Waals surface area (Å²) in [6, 6.07) is 8.75. The first-order valence-electron chi connectivity index (χ1n) is 7.90. The van der Waals surface area contributed by atoms with Gasteiger partial charge in [0.2, 0.25) is 0 Å². The van der Waals surface area contributed by atoms with Crippen molar-refractivity contribution in [2.75, 3.05) is 18.4 Å². The van der Waals surface area contributed by atoms with Crippen LogP contribution in [-0.2, 0) is 19.6 Å². The van der Waals surface area contributed by atoms with E-state index in [0.29, 0.717) is 0 Å². The number of anilines is 1. The first-order valence-corrected chi connectivity index (χ1v) is 7.90. The molecule has 4 heteroatoms. The van der Waals surface area contributed by atoms with Gasteiger partial charge >= 0.3 is 0 Å². The summed E-state index contributed by atoms with van der Waals surface area (Å²) in [5, 5.41) is 3.49. The molecule has 3 rings (SSSR count). The lowest BCUT2D eigenvalue weighted by Gasteiger charge is -2.15. The standard InChI is InChI=1S/C17H24N4/c1-2-21-11-8-18-17(21)13-19-16-7-5-6-15(12-16)14-20-9-3-4-10-20/h5-8,11-12,19H,2-4,9-10,13-14H2,1H3. The number of aryl methyl sites for hydroxylation is 1. The maximum atomic E-state index is 4.40. The highest BCUT2D eigenvalue weighted by atomic mass is 15.1. The number of aromatic nitrogens is 2. The highest BCUT2D eigenvalue weighted by Gasteiger charge is 2.11. The Balaban J connectivity index is 1.60. The third-order valence-corrected chi connectivity index (χ3v) is 4.12. The van der Waals surface area contributed by atoms with Crippen molar-refractivity contribution in [1.29, 1.82) is 0 Å². The highest BCUT2D eigenvalue weighted by Crippen LogP contribution is 2.16. The van der Waals surface area contributed by atoms with Gasteiger partial charge in [0.25, 0.3) is 0 Å². The molecule has 21 heavy (non-hydrogen) atoms. The van der Waals surface area contributed by atoms with Crippen molar-refractivity contribution in [3.05, 3.63) is 48.0 Å². The third kappa shape index (κ3) is 3.64. The molecule has 1 aliphatic heterocycles. The molecular weight excluding hydrogens is 260 g/mol. The van der Waals surface area contributed by atoms with Crippen LogP contribution in [0.3, 0.4) is 0 Å². The fourth-order valence-electron chi connectivity index (χ4n) is 2.95. The van der Waals surface area contributed by atoms with Crippen LogP contribution in [0.25, 0.3) is 0 Å². The Morgan fingerprint density at radius 3 is 2.90 bits per heavy atom. The molecule has 1 aromatic carbocycles. The summed E-state index contributed by atoms with van der Waals surface area (Å²) in [6.45, 7) is 7.43. The average Bonchev–Trinajstić information content (AvgIpc) is 3.16. The molecule has 2 aromatic rings. The second-order valence-corrected chi connectivity index (χ2v) is 5.67.